The van der Waals surface area contributed by atoms with E-state index in [1.54, 1.807) is 6.07 Å². The minimum absolute atomic E-state index is 0.0939. The fourth-order valence-corrected chi connectivity index (χ4v) is 3.79. The van der Waals surface area contributed by atoms with Crippen molar-refractivity contribution < 1.29 is 14.4 Å². The molecule has 0 spiro atoms. The van der Waals surface area contributed by atoms with Crippen LogP contribution in [0.3, 0.4) is 0 Å². The molecule has 0 radical (unpaired) electrons. The molecule has 1 N–H and O–H groups in total. The molecule has 1 aliphatic heterocycles. The third-order valence-electron chi connectivity index (χ3n) is 4.93. The fraction of sp³-hybridized carbons (Fsp3) is 0.500. The van der Waals surface area contributed by atoms with Crippen LogP contribution < -0.4 is 5.32 Å². The van der Waals surface area contributed by atoms with E-state index in [-0.39, 0.29) is 42.5 Å². The lowest BCUT2D eigenvalue weighted by molar-refractivity contribution is -0.140. The average molecular weight is 349 g/mol. The van der Waals surface area contributed by atoms with E-state index in [0.717, 1.165) is 31.2 Å². The molecule has 6 heteroatoms. The Kier molecular flexibility index (Phi) is 5.19. The second kappa shape index (κ2) is 7.34. The van der Waals surface area contributed by atoms with E-state index in [1.807, 2.05) is 18.2 Å². The number of carbonyl (C=O) groups excluding carboxylic acids is 3. The van der Waals surface area contributed by atoms with E-state index in [1.165, 1.54) is 4.90 Å². The first-order valence-corrected chi connectivity index (χ1v) is 8.81. The van der Waals surface area contributed by atoms with Crippen molar-refractivity contribution in [3.8, 4) is 0 Å². The van der Waals surface area contributed by atoms with Gasteiger partial charge in [0.05, 0.1) is 11.8 Å². The lowest BCUT2D eigenvalue weighted by Gasteiger charge is -2.19. The number of amides is 3. The summed E-state index contributed by atoms with van der Waals surface area (Å²) in [7, 11) is 0. The van der Waals surface area contributed by atoms with E-state index < -0.39 is 0 Å². The molecule has 1 saturated heterocycles. The maximum atomic E-state index is 12.3. The molecular weight excluding hydrogens is 328 g/mol. The Hall–Kier alpha value is -1.88. The summed E-state index contributed by atoms with van der Waals surface area (Å²) in [4.78, 5) is 38.0. The monoisotopic (exact) mass is 348 g/mol. The van der Waals surface area contributed by atoms with Crippen LogP contribution >= 0.6 is 11.6 Å². The van der Waals surface area contributed by atoms with Gasteiger partial charge in [-0.25, -0.2) is 0 Å². The van der Waals surface area contributed by atoms with Crippen molar-refractivity contribution in [3.63, 3.8) is 0 Å². The lowest BCUT2D eigenvalue weighted by atomic mass is 9.81. The quantitative estimate of drug-likeness (QED) is 0.831. The standard InChI is InChI=1S/C18H21ClN2O3/c19-15-8-4-1-5-12(15)11-20-16(22)9-10-21-17(23)13-6-2-3-7-14(13)18(21)24/h1,4-5,8,13-14H,2-3,6-7,9-11H2,(H,20,22). The Labute approximate surface area is 146 Å². The molecule has 0 bridgehead atoms. The van der Waals surface area contributed by atoms with Gasteiger partial charge in [-0.3, -0.25) is 19.3 Å². The van der Waals surface area contributed by atoms with Gasteiger partial charge < -0.3 is 5.32 Å². The fourth-order valence-electron chi connectivity index (χ4n) is 3.59. The molecule has 1 saturated carbocycles. The highest BCUT2D eigenvalue weighted by Gasteiger charge is 2.47. The van der Waals surface area contributed by atoms with Gasteiger partial charge in [-0.1, -0.05) is 42.6 Å². The normalized spacial score (nSPS) is 23.3. The molecular formula is C18H21ClN2O3. The Morgan fingerprint density at radius 3 is 2.38 bits per heavy atom. The number of likely N-dealkylation sites (tertiary alicyclic amines) is 1. The summed E-state index contributed by atoms with van der Waals surface area (Å²) in [6, 6.07) is 7.31. The van der Waals surface area contributed by atoms with Crippen molar-refractivity contribution >= 4 is 29.3 Å². The summed E-state index contributed by atoms with van der Waals surface area (Å²) >= 11 is 6.05. The zero-order valence-electron chi connectivity index (χ0n) is 13.5. The maximum absolute atomic E-state index is 12.3. The van der Waals surface area contributed by atoms with Crippen molar-refractivity contribution in [2.75, 3.05) is 6.54 Å². The van der Waals surface area contributed by atoms with Gasteiger partial charge >= 0.3 is 0 Å². The van der Waals surface area contributed by atoms with E-state index in [0.29, 0.717) is 11.6 Å². The second-order valence-corrected chi connectivity index (χ2v) is 6.85. The number of nitrogens with one attached hydrogen (secondary N) is 1. The van der Waals surface area contributed by atoms with Crippen LogP contribution in [0.25, 0.3) is 0 Å². The number of imide groups is 1. The van der Waals surface area contributed by atoms with Gasteiger partial charge in [-0.05, 0) is 24.5 Å². The Morgan fingerprint density at radius 2 is 1.75 bits per heavy atom. The molecule has 1 aromatic rings. The van der Waals surface area contributed by atoms with E-state index in [2.05, 4.69) is 5.32 Å². The van der Waals surface area contributed by atoms with E-state index in [4.69, 9.17) is 11.6 Å². The van der Waals surface area contributed by atoms with Crippen LogP contribution in [0.1, 0.15) is 37.7 Å². The molecule has 1 aromatic carbocycles. The zero-order valence-corrected chi connectivity index (χ0v) is 14.2. The van der Waals surface area contributed by atoms with Crippen LogP contribution in [-0.2, 0) is 20.9 Å². The zero-order chi connectivity index (χ0) is 17.1. The van der Waals surface area contributed by atoms with Crippen LogP contribution in [0.5, 0.6) is 0 Å². The maximum Gasteiger partial charge on any atom is 0.233 e. The minimum Gasteiger partial charge on any atom is -0.352 e. The third-order valence-corrected chi connectivity index (χ3v) is 5.30. The first-order chi connectivity index (χ1) is 11.6. The average Bonchev–Trinajstić information content (AvgIpc) is 2.84. The first kappa shape index (κ1) is 17.0. The smallest absolute Gasteiger partial charge is 0.233 e. The summed E-state index contributed by atoms with van der Waals surface area (Å²) in [5, 5.41) is 3.39. The van der Waals surface area contributed by atoms with Crippen LogP contribution in [0, 0.1) is 11.8 Å². The number of hydrogen-bond acceptors (Lipinski definition) is 3. The van der Waals surface area contributed by atoms with Crippen LogP contribution in [0.2, 0.25) is 5.02 Å². The molecule has 1 aliphatic carbocycles. The van der Waals surface area contributed by atoms with Crippen LogP contribution in [-0.4, -0.2) is 29.2 Å². The third kappa shape index (κ3) is 3.46. The predicted molar refractivity (Wildman–Crippen MR) is 90.1 cm³/mol. The molecule has 3 amide bonds. The number of fused-ring (bicyclic) bond motifs is 1. The minimum atomic E-state index is -0.189. The number of nitrogens with zero attached hydrogens (tertiary/aromatic N) is 1. The highest BCUT2D eigenvalue weighted by atomic mass is 35.5. The Morgan fingerprint density at radius 1 is 1.12 bits per heavy atom. The number of rotatable bonds is 5. The SMILES string of the molecule is O=C(CCN1C(=O)C2CCCCC2C1=O)NCc1ccccc1Cl. The van der Waals surface area contributed by atoms with Crippen molar-refractivity contribution in [2.24, 2.45) is 11.8 Å². The van der Waals surface area contributed by atoms with E-state index in [9.17, 15) is 14.4 Å². The topological polar surface area (TPSA) is 66.5 Å². The van der Waals surface area contributed by atoms with Gasteiger partial charge in [0.2, 0.25) is 17.7 Å². The van der Waals surface area contributed by atoms with Gasteiger partial charge in [0.15, 0.2) is 0 Å². The lowest BCUT2D eigenvalue weighted by Crippen LogP contribution is -2.35. The van der Waals surface area contributed by atoms with Crippen molar-refractivity contribution in [1.29, 1.82) is 0 Å². The second-order valence-electron chi connectivity index (χ2n) is 6.44. The molecule has 5 nitrogen and oxygen atoms in total. The van der Waals surface area contributed by atoms with E-state index >= 15 is 0 Å². The van der Waals surface area contributed by atoms with Crippen LogP contribution in [0.15, 0.2) is 24.3 Å². The predicted octanol–water partition coefficient (Wildman–Crippen LogP) is 2.52. The van der Waals surface area contributed by atoms with Gasteiger partial charge in [-0.15, -0.1) is 0 Å². The van der Waals surface area contributed by atoms with Gasteiger partial charge in [0, 0.05) is 24.5 Å². The molecule has 2 atom stereocenters. The highest BCUT2D eigenvalue weighted by molar-refractivity contribution is 6.31. The summed E-state index contributed by atoms with van der Waals surface area (Å²) in [6.45, 7) is 0.505. The number of halogens is 1. The molecule has 3 rings (SSSR count). The summed E-state index contributed by atoms with van der Waals surface area (Å²) < 4.78 is 0. The Balaban J connectivity index is 1.50. The largest absolute Gasteiger partial charge is 0.352 e. The van der Waals surface area contributed by atoms with Gasteiger partial charge in [-0.2, -0.15) is 0 Å². The number of benzene rings is 1. The molecule has 128 valence electrons. The molecule has 24 heavy (non-hydrogen) atoms. The highest BCUT2D eigenvalue weighted by Crippen LogP contribution is 2.37. The number of hydrogen-bond donors (Lipinski definition) is 1. The van der Waals surface area contributed by atoms with Crippen molar-refractivity contribution in [2.45, 2.75) is 38.6 Å². The summed E-state index contributed by atoms with van der Waals surface area (Å²) in [5.41, 5.74) is 0.840. The molecule has 2 aliphatic rings. The number of carbonyl (C=O) groups is 3. The molecule has 2 fully saturated rings. The molecule has 2 unspecified atom stereocenters. The van der Waals surface area contributed by atoms with Gasteiger partial charge in [0.25, 0.3) is 0 Å². The van der Waals surface area contributed by atoms with Crippen LogP contribution in [0.4, 0.5) is 0 Å². The summed E-state index contributed by atoms with van der Waals surface area (Å²) in [5.74, 6) is -0.688. The summed E-state index contributed by atoms with van der Waals surface area (Å²) in [6.07, 6.45) is 3.73. The molecule has 0 aromatic heterocycles. The first-order valence-electron chi connectivity index (χ1n) is 8.43. The molecule has 1 heterocycles. The van der Waals surface area contributed by atoms with Crippen molar-refractivity contribution in [3.05, 3.63) is 34.9 Å². The van der Waals surface area contributed by atoms with Crippen molar-refractivity contribution in [1.82, 2.24) is 10.2 Å². The van der Waals surface area contributed by atoms with Gasteiger partial charge in [0.1, 0.15) is 0 Å². The Bertz CT molecular complexity index is 637.